The molecule has 6 heteroatoms. The standard InChI is InChI=1S/C26H22N2O3S/c1-3-30-23-14-18(12-13-22(23)31-16-19-9-5-4-8-17(19)2)15-24-25(29)28-21-11-7-6-10-20(21)27-26(28)32-24/h4-15H,3,16H2,1-2H3/b24-15-. The monoisotopic (exact) mass is 442 g/mol. The number of fused-ring (bicyclic) bond motifs is 3. The number of hydrogen-bond acceptors (Lipinski definition) is 5. The van der Waals surface area contributed by atoms with Crippen LogP contribution < -0.4 is 19.6 Å². The van der Waals surface area contributed by atoms with Crippen molar-refractivity contribution >= 4 is 33.4 Å². The van der Waals surface area contributed by atoms with Crippen molar-refractivity contribution in [2.45, 2.75) is 20.5 Å². The van der Waals surface area contributed by atoms with E-state index < -0.39 is 0 Å². The highest BCUT2D eigenvalue weighted by molar-refractivity contribution is 7.15. The van der Waals surface area contributed by atoms with E-state index in [4.69, 9.17) is 9.47 Å². The zero-order valence-electron chi connectivity index (χ0n) is 17.9. The lowest BCUT2D eigenvalue weighted by atomic mass is 10.1. The molecule has 0 unspecified atom stereocenters. The number of aromatic nitrogens is 2. The summed E-state index contributed by atoms with van der Waals surface area (Å²) in [5.41, 5.74) is 4.80. The van der Waals surface area contributed by atoms with Crippen LogP contribution in [0.1, 0.15) is 23.6 Å². The summed E-state index contributed by atoms with van der Waals surface area (Å²) in [6.45, 7) is 5.00. The van der Waals surface area contributed by atoms with Crippen molar-refractivity contribution in [1.82, 2.24) is 9.38 Å². The van der Waals surface area contributed by atoms with E-state index in [0.717, 1.165) is 22.2 Å². The fraction of sp³-hybridized carbons (Fsp3) is 0.154. The van der Waals surface area contributed by atoms with Gasteiger partial charge in [0, 0.05) is 0 Å². The molecule has 5 nitrogen and oxygen atoms in total. The van der Waals surface area contributed by atoms with E-state index in [1.165, 1.54) is 16.9 Å². The molecule has 0 radical (unpaired) electrons. The van der Waals surface area contributed by atoms with E-state index in [0.29, 0.717) is 34.2 Å². The van der Waals surface area contributed by atoms with Crippen molar-refractivity contribution in [3.8, 4) is 11.5 Å². The summed E-state index contributed by atoms with van der Waals surface area (Å²) in [6.07, 6.45) is 1.88. The number of nitrogens with zero attached hydrogens (tertiary/aromatic N) is 2. The first-order chi connectivity index (χ1) is 15.6. The van der Waals surface area contributed by atoms with Gasteiger partial charge in [-0.05, 0) is 60.9 Å². The molecule has 160 valence electrons. The maximum atomic E-state index is 13.0. The summed E-state index contributed by atoms with van der Waals surface area (Å²) >= 11 is 1.39. The minimum absolute atomic E-state index is 0.0588. The fourth-order valence-corrected chi connectivity index (χ4v) is 4.68. The zero-order chi connectivity index (χ0) is 22.1. The van der Waals surface area contributed by atoms with Crippen molar-refractivity contribution in [1.29, 1.82) is 0 Å². The van der Waals surface area contributed by atoms with Crippen LogP contribution in [0.15, 0.2) is 71.5 Å². The second-order valence-electron chi connectivity index (χ2n) is 7.49. The molecule has 0 aliphatic carbocycles. The van der Waals surface area contributed by atoms with E-state index in [1.807, 2.05) is 67.6 Å². The van der Waals surface area contributed by atoms with E-state index in [-0.39, 0.29) is 5.56 Å². The number of benzene rings is 3. The topological polar surface area (TPSA) is 52.8 Å². The van der Waals surface area contributed by atoms with Gasteiger partial charge in [0.05, 0.1) is 22.2 Å². The number of hydrogen-bond donors (Lipinski definition) is 0. The third-order valence-electron chi connectivity index (χ3n) is 5.35. The second kappa shape index (κ2) is 8.48. The molecule has 0 saturated carbocycles. The Morgan fingerprint density at radius 3 is 2.66 bits per heavy atom. The molecule has 0 atom stereocenters. The van der Waals surface area contributed by atoms with Gasteiger partial charge < -0.3 is 9.47 Å². The Morgan fingerprint density at radius 1 is 1.00 bits per heavy atom. The van der Waals surface area contributed by atoms with Crippen LogP contribution in [0.3, 0.4) is 0 Å². The zero-order valence-corrected chi connectivity index (χ0v) is 18.7. The van der Waals surface area contributed by atoms with Gasteiger partial charge in [0.1, 0.15) is 6.61 Å². The summed E-state index contributed by atoms with van der Waals surface area (Å²) in [5, 5.41) is 0. The lowest BCUT2D eigenvalue weighted by molar-refractivity contribution is 0.269. The van der Waals surface area contributed by atoms with Crippen LogP contribution in [0.25, 0.3) is 22.1 Å². The third-order valence-corrected chi connectivity index (χ3v) is 6.32. The normalized spacial score (nSPS) is 12.0. The molecular formula is C26H22N2O3S. The summed E-state index contributed by atoms with van der Waals surface area (Å²) in [4.78, 5) is 18.3. The van der Waals surface area contributed by atoms with E-state index >= 15 is 0 Å². The van der Waals surface area contributed by atoms with Crippen molar-refractivity contribution < 1.29 is 9.47 Å². The first-order valence-electron chi connectivity index (χ1n) is 10.5. The maximum Gasteiger partial charge on any atom is 0.274 e. The van der Waals surface area contributed by atoms with Crippen molar-refractivity contribution in [2.75, 3.05) is 6.61 Å². The molecule has 3 aromatic carbocycles. The minimum Gasteiger partial charge on any atom is -0.490 e. The third kappa shape index (κ3) is 3.74. The fourth-order valence-electron chi connectivity index (χ4n) is 3.69. The average molecular weight is 443 g/mol. The number of rotatable bonds is 6. The van der Waals surface area contributed by atoms with E-state index in [2.05, 4.69) is 24.0 Å². The molecule has 0 aliphatic heterocycles. The molecule has 32 heavy (non-hydrogen) atoms. The molecule has 0 bridgehead atoms. The second-order valence-corrected chi connectivity index (χ2v) is 8.50. The number of ether oxygens (including phenoxy) is 2. The van der Waals surface area contributed by atoms with E-state index in [9.17, 15) is 4.79 Å². The minimum atomic E-state index is -0.0588. The Hall–Kier alpha value is -3.64. The van der Waals surface area contributed by atoms with Crippen LogP contribution >= 0.6 is 11.3 Å². The summed E-state index contributed by atoms with van der Waals surface area (Å²) in [6, 6.07) is 21.6. The van der Waals surface area contributed by atoms with Gasteiger partial charge in [0.15, 0.2) is 16.5 Å². The summed E-state index contributed by atoms with van der Waals surface area (Å²) in [5.74, 6) is 1.34. The van der Waals surface area contributed by atoms with Crippen molar-refractivity contribution in [2.24, 2.45) is 0 Å². The van der Waals surface area contributed by atoms with Crippen LogP contribution in [0, 0.1) is 6.92 Å². The lowest BCUT2D eigenvalue weighted by Crippen LogP contribution is -2.22. The lowest BCUT2D eigenvalue weighted by Gasteiger charge is -2.13. The smallest absolute Gasteiger partial charge is 0.274 e. The maximum absolute atomic E-state index is 13.0. The highest BCUT2D eigenvalue weighted by atomic mass is 32.1. The highest BCUT2D eigenvalue weighted by Gasteiger charge is 2.12. The Morgan fingerprint density at radius 2 is 1.81 bits per heavy atom. The predicted molar refractivity (Wildman–Crippen MR) is 129 cm³/mol. The van der Waals surface area contributed by atoms with Crippen molar-refractivity contribution in [3.05, 3.63) is 98.3 Å². The van der Waals surface area contributed by atoms with Crippen LogP contribution in [0.5, 0.6) is 11.5 Å². The van der Waals surface area contributed by atoms with Crippen LogP contribution in [0.4, 0.5) is 0 Å². The molecule has 0 fully saturated rings. The number of thiazole rings is 1. The quantitative estimate of drug-likeness (QED) is 0.381. The Balaban J connectivity index is 1.49. The van der Waals surface area contributed by atoms with Crippen LogP contribution in [-0.4, -0.2) is 16.0 Å². The Labute approximate surface area is 189 Å². The van der Waals surface area contributed by atoms with E-state index in [1.54, 1.807) is 4.40 Å². The average Bonchev–Trinajstić information content (AvgIpc) is 3.30. The molecule has 0 aliphatic rings. The summed E-state index contributed by atoms with van der Waals surface area (Å²) < 4.78 is 14.2. The van der Waals surface area contributed by atoms with Gasteiger partial charge >= 0.3 is 0 Å². The largest absolute Gasteiger partial charge is 0.490 e. The SMILES string of the molecule is CCOc1cc(/C=c2\sc3nc4ccccc4n3c2=O)ccc1OCc1ccccc1C. The van der Waals surface area contributed by atoms with Gasteiger partial charge in [0.2, 0.25) is 0 Å². The van der Waals surface area contributed by atoms with Gasteiger partial charge in [-0.15, -0.1) is 0 Å². The number of aryl methyl sites for hydroxylation is 1. The van der Waals surface area contributed by atoms with Gasteiger partial charge in [-0.1, -0.05) is 53.8 Å². The van der Waals surface area contributed by atoms with Gasteiger partial charge in [0.25, 0.3) is 5.56 Å². The van der Waals surface area contributed by atoms with Crippen LogP contribution in [0.2, 0.25) is 0 Å². The Bertz CT molecular complexity index is 1530. The number of imidazole rings is 1. The molecule has 0 N–H and O–H groups in total. The molecule has 0 spiro atoms. The highest BCUT2D eigenvalue weighted by Crippen LogP contribution is 2.30. The summed E-state index contributed by atoms with van der Waals surface area (Å²) in [7, 11) is 0. The first-order valence-corrected chi connectivity index (χ1v) is 11.3. The number of para-hydroxylation sites is 2. The van der Waals surface area contributed by atoms with Crippen LogP contribution in [-0.2, 0) is 6.61 Å². The van der Waals surface area contributed by atoms with Gasteiger partial charge in [-0.2, -0.15) is 0 Å². The molecule has 2 heterocycles. The van der Waals surface area contributed by atoms with Gasteiger partial charge in [-0.25, -0.2) is 9.38 Å². The molecular weight excluding hydrogens is 420 g/mol. The molecule has 2 aromatic heterocycles. The Kier molecular flexibility index (Phi) is 5.37. The molecule has 5 rings (SSSR count). The first kappa shape index (κ1) is 20.3. The van der Waals surface area contributed by atoms with Crippen molar-refractivity contribution in [3.63, 3.8) is 0 Å². The molecule has 0 saturated heterocycles. The van der Waals surface area contributed by atoms with Gasteiger partial charge in [-0.3, -0.25) is 4.79 Å². The molecule has 0 amide bonds. The molecule has 5 aromatic rings. The predicted octanol–water partition coefficient (Wildman–Crippen LogP) is 4.74.